The van der Waals surface area contributed by atoms with Gasteiger partial charge in [0.05, 0.1) is 11.4 Å². The van der Waals surface area contributed by atoms with Crippen molar-refractivity contribution in [1.29, 1.82) is 0 Å². The Kier molecular flexibility index (Phi) is 4.26. The SMILES string of the molecule is Cl.FC(F)(F)c1ccc2n1-c1ccc(Cl)cc1OC21CCNCC1. The Labute approximate surface area is 148 Å². The molecule has 1 saturated heterocycles. The fraction of sp³-hybridized carbons (Fsp3) is 0.375. The Hall–Kier alpha value is -1.37. The van der Waals surface area contributed by atoms with Crippen molar-refractivity contribution in [2.24, 2.45) is 0 Å². The first-order valence-corrected chi connectivity index (χ1v) is 7.78. The molecule has 8 heteroatoms. The Balaban J connectivity index is 0.00000169. The van der Waals surface area contributed by atoms with E-state index in [4.69, 9.17) is 16.3 Å². The number of fused-ring (bicyclic) bond motifs is 4. The van der Waals surface area contributed by atoms with Crippen LogP contribution in [0, 0.1) is 0 Å². The second-order valence-electron chi connectivity index (χ2n) is 5.90. The summed E-state index contributed by atoms with van der Waals surface area (Å²) in [6, 6.07) is 7.40. The third kappa shape index (κ3) is 2.57. The zero-order chi connectivity index (χ0) is 16.2. The fourth-order valence-corrected chi connectivity index (χ4v) is 3.64. The van der Waals surface area contributed by atoms with Crippen molar-refractivity contribution in [2.45, 2.75) is 24.6 Å². The summed E-state index contributed by atoms with van der Waals surface area (Å²) in [6.45, 7) is 1.39. The standard InChI is InChI=1S/C16H14ClF3N2O.ClH/c17-10-1-2-11-12(9-10)23-15(5-7-21-8-6-15)13-3-4-14(22(11)13)16(18,19)20;/h1-4,9,21H,5-8H2;1H. The average Bonchev–Trinajstić information content (AvgIpc) is 2.94. The first-order chi connectivity index (χ1) is 10.9. The predicted octanol–water partition coefficient (Wildman–Crippen LogP) is 4.54. The van der Waals surface area contributed by atoms with Crippen molar-refractivity contribution in [3.05, 3.63) is 46.7 Å². The van der Waals surface area contributed by atoms with Crippen LogP contribution < -0.4 is 10.1 Å². The number of rotatable bonds is 0. The van der Waals surface area contributed by atoms with E-state index in [9.17, 15) is 13.2 Å². The molecule has 0 radical (unpaired) electrons. The minimum Gasteiger partial charge on any atom is -0.479 e. The lowest BCUT2D eigenvalue weighted by Crippen LogP contribution is -2.47. The first kappa shape index (κ1) is 17.5. The average molecular weight is 379 g/mol. The maximum Gasteiger partial charge on any atom is 0.431 e. The number of piperidine rings is 1. The molecule has 2 aliphatic heterocycles. The zero-order valence-corrected chi connectivity index (χ0v) is 14.1. The van der Waals surface area contributed by atoms with Crippen LogP contribution in [-0.4, -0.2) is 17.7 Å². The normalized spacial score (nSPS) is 18.3. The summed E-state index contributed by atoms with van der Waals surface area (Å²) < 4.78 is 47.8. The number of hydrogen-bond acceptors (Lipinski definition) is 2. The van der Waals surface area contributed by atoms with Gasteiger partial charge in [0.15, 0.2) is 5.60 Å². The van der Waals surface area contributed by atoms with Gasteiger partial charge in [0, 0.05) is 23.9 Å². The molecule has 3 heterocycles. The van der Waals surface area contributed by atoms with Crippen molar-refractivity contribution in [3.8, 4) is 11.4 Å². The van der Waals surface area contributed by atoms with Crippen LogP contribution in [0.5, 0.6) is 5.75 Å². The molecule has 1 spiro atoms. The molecule has 4 rings (SSSR count). The molecule has 0 aliphatic carbocycles. The van der Waals surface area contributed by atoms with Gasteiger partial charge < -0.3 is 14.6 Å². The first-order valence-electron chi connectivity index (χ1n) is 7.40. The predicted molar refractivity (Wildman–Crippen MR) is 87.4 cm³/mol. The van der Waals surface area contributed by atoms with Crippen molar-refractivity contribution in [2.75, 3.05) is 13.1 Å². The Morgan fingerprint density at radius 2 is 1.83 bits per heavy atom. The minimum absolute atomic E-state index is 0. The highest BCUT2D eigenvalue weighted by atomic mass is 35.5. The van der Waals surface area contributed by atoms with Gasteiger partial charge in [-0.05, 0) is 37.4 Å². The highest BCUT2D eigenvalue weighted by Gasteiger charge is 2.46. The number of aromatic nitrogens is 1. The number of benzene rings is 1. The lowest BCUT2D eigenvalue weighted by molar-refractivity contribution is -0.143. The van der Waals surface area contributed by atoms with Gasteiger partial charge in [0.25, 0.3) is 0 Å². The molecule has 1 fully saturated rings. The van der Waals surface area contributed by atoms with Gasteiger partial charge in [0.1, 0.15) is 11.4 Å². The number of alkyl halides is 3. The lowest BCUT2D eigenvalue weighted by Gasteiger charge is -2.42. The van der Waals surface area contributed by atoms with E-state index in [1.165, 1.54) is 10.6 Å². The van der Waals surface area contributed by atoms with Crippen LogP contribution in [0.3, 0.4) is 0 Å². The molecule has 24 heavy (non-hydrogen) atoms. The molecule has 0 saturated carbocycles. The van der Waals surface area contributed by atoms with Crippen LogP contribution >= 0.6 is 24.0 Å². The number of nitrogens with zero attached hydrogens (tertiary/aromatic N) is 1. The quantitative estimate of drug-likeness (QED) is 0.727. The maximum absolute atomic E-state index is 13.4. The second-order valence-corrected chi connectivity index (χ2v) is 6.33. The van der Waals surface area contributed by atoms with Crippen LogP contribution in [-0.2, 0) is 11.8 Å². The summed E-state index contributed by atoms with van der Waals surface area (Å²) in [7, 11) is 0. The Morgan fingerprint density at radius 1 is 1.12 bits per heavy atom. The molecule has 1 aromatic heterocycles. The van der Waals surface area contributed by atoms with E-state index in [1.54, 1.807) is 18.2 Å². The molecule has 3 nitrogen and oxygen atoms in total. The highest BCUT2D eigenvalue weighted by molar-refractivity contribution is 6.30. The van der Waals surface area contributed by atoms with Gasteiger partial charge in [-0.1, -0.05) is 11.6 Å². The fourth-order valence-electron chi connectivity index (χ4n) is 3.48. The molecule has 0 atom stereocenters. The molecule has 0 amide bonds. The van der Waals surface area contributed by atoms with Crippen LogP contribution in [0.1, 0.15) is 24.2 Å². The molecule has 130 valence electrons. The van der Waals surface area contributed by atoms with Gasteiger partial charge in [-0.2, -0.15) is 13.2 Å². The third-order valence-electron chi connectivity index (χ3n) is 4.52. The van der Waals surface area contributed by atoms with Crippen LogP contribution in [0.15, 0.2) is 30.3 Å². The van der Waals surface area contributed by atoms with Crippen molar-refractivity contribution in [1.82, 2.24) is 9.88 Å². The van der Waals surface area contributed by atoms with Crippen molar-refractivity contribution in [3.63, 3.8) is 0 Å². The molecule has 1 N–H and O–H groups in total. The van der Waals surface area contributed by atoms with Gasteiger partial charge >= 0.3 is 6.18 Å². The van der Waals surface area contributed by atoms with Gasteiger partial charge in [-0.15, -0.1) is 12.4 Å². The summed E-state index contributed by atoms with van der Waals surface area (Å²) in [6.07, 6.45) is -3.21. The van der Waals surface area contributed by atoms with E-state index in [2.05, 4.69) is 5.32 Å². The number of ether oxygens (including phenoxy) is 1. The minimum atomic E-state index is -4.43. The van der Waals surface area contributed by atoms with E-state index in [0.717, 1.165) is 6.07 Å². The highest BCUT2D eigenvalue weighted by Crippen LogP contribution is 2.47. The Bertz CT molecular complexity index is 767. The third-order valence-corrected chi connectivity index (χ3v) is 4.75. The van der Waals surface area contributed by atoms with Gasteiger partial charge in [0.2, 0.25) is 0 Å². The number of hydrogen-bond donors (Lipinski definition) is 1. The van der Waals surface area contributed by atoms with E-state index in [1.807, 2.05) is 0 Å². The summed E-state index contributed by atoms with van der Waals surface area (Å²) in [5.41, 5.74) is -0.490. The van der Waals surface area contributed by atoms with E-state index < -0.39 is 17.5 Å². The number of nitrogens with one attached hydrogen (secondary N) is 1. The molecule has 0 bridgehead atoms. The monoisotopic (exact) mass is 378 g/mol. The number of halogens is 5. The molecule has 1 aromatic carbocycles. The van der Waals surface area contributed by atoms with Gasteiger partial charge in [-0.25, -0.2) is 0 Å². The van der Waals surface area contributed by atoms with E-state index >= 15 is 0 Å². The topological polar surface area (TPSA) is 26.2 Å². The van der Waals surface area contributed by atoms with Gasteiger partial charge in [-0.3, -0.25) is 0 Å². The van der Waals surface area contributed by atoms with E-state index in [-0.39, 0.29) is 12.4 Å². The Morgan fingerprint density at radius 3 is 2.50 bits per heavy atom. The smallest absolute Gasteiger partial charge is 0.431 e. The summed E-state index contributed by atoms with van der Waals surface area (Å²) in [5, 5.41) is 3.66. The summed E-state index contributed by atoms with van der Waals surface area (Å²) in [5.74, 6) is 0.397. The molecular formula is C16H15Cl2F3N2O. The van der Waals surface area contributed by atoms with E-state index in [0.29, 0.717) is 48.1 Å². The maximum atomic E-state index is 13.4. The molecule has 0 unspecified atom stereocenters. The van der Waals surface area contributed by atoms with Crippen LogP contribution in [0.25, 0.3) is 5.69 Å². The van der Waals surface area contributed by atoms with Crippen molar-refractivity contribution >= 4 is 24.0 Å². The van der Waals surface area contributed by atoms with Crippen LogP contribution in [0.2, 0.25) is 5.02 Å². The lowest BCUT2D eigenvalue weighted by atomic mass is 9.87. The molecule has 2 aromatic rings. The molecule has 2 aliphatic rings. The van der Waals surface area contributed by atoms with Crippen LogP contribution in [0.4, 0.5) is 13.2 Å². The summed E-state index contributed by atoms with van der Waals surface area (Å²) >= 11 is 6.01. The largest absolute Gasteiger partial charge is 0.479 e. The second kappa shape index (κ2) is 5.86. The zero-order valence-electron chi connectivity index (χ0n) is 12.5. The summed E-state index contributed by atoms with van der Waals surface area (Å²) in [4.78, 5) is 0. The molecular weight excluding hydrogens is 364 g/mol. The van der Waals surface area contributed by atoms with Crippen molar-refractivity contribution < 1.29 is 17.9 Å².